The van der Waals surface area contributed by atoms with Crippen molar-refractivity contribution in [3.63, 3.8) is 0 Å². The van der Waals surface area contributed by atoms with Crippen LogP contribution in [0.4, 0.5) is 4.79 Å². The molecule has 1 aliphatic rings. The molecule has 1 atom stereocenters. The molecule has 13 heavy (non-hydrogen) atoms. The molecule has 0 bridgehead atoms. The van der Waals surface area contributed by atoms with Crippen molar-refractivity contribution in [2.75, 3.05) is 5.75 Å². The van der Waals surface area contributed by atoms with Gasteiger partial charge in [0.2, 0.25) is 5.12 Å². The number of carbonyl (C=O) groups is 2. The van der Waals surface area contributed by atoms with Crippen LogP contribution in [0.5, 0.6) is 0 Å². The van der Waals surface area contributed by atoms with Gasteiger partial charge in [0.25, 0.3) is 5.24 Å². The van der Waals surface area contributed by atoms with Crippen molar-refractivity contribution in [3.8, 4) is 0 Å². The van der Waals surface area contributed by atoms with Crippen LogP contribution in [0.3, 0.4) is 0 Å². The van der Waals surface area contributed by atoms with Crippen molar-refractivity contribution in [2.45, 2.75) is 31.6 Å². The van der Waals surface area contributed by atoms with Crippen molar-refractivity contribution in [2.24, 2.45) is 0 Å². The van der Waals surface area contributed by atoms with Gasteiger partial charge in [-0.15, -0.1) is 11.8 Å². The summed E-state index contributed by atoms with van der Waals surface area (Å²) >= 11 is 2.32. The number of hydrogen-bond donors (Lipinski definition) is 1. The molecule has 1 fully saturated rings. The van der Waals surface area contributed by atoms with Gasteiger partial charge in [-0.25, -0.2) is 0 Å². The summed E-state index contributed by atoms with van der Waals surface area (Å²) in [6.45, 7) is 2.14. The van der Waals surface area contributed by atoms with Crippen LogP contribution in [0.25, 0.3) is 0 Å². The standard InChI is InChI=1S/C8H13NO2S2/c1-2-3-4-5-12-6-7(10)13-8(11)9-6/h6H,2-5H2,1H3,(H,9,11). The topological polar surface area (TPSA) is 46.2 Å². The Bertz CT molecular complexity index is 208. The van der Waals surface area contributed by atoms with Crippen LogP contribution in [-0.4, -0.2) is 21.5 Å². The molecule has 0 aromatic rings. The molecule has 1 saturated heterocycles. The molecule has 0 aromatic heterocycles. The molecule has 5 heteroatoms. The lowest BCUT2D eigenvalue weighted by Crippen LogP contribution is -2.25. The molecule has 3 nitrogen and oxygen atoms in total. The Morgan fingerprint density at radius 1 is 1.46 bits per heavy atom. The number of unbranched alkanes of at least 4 members (excludes halogenated alkanes) is 2. The fourth-order valence-electron chi connectivity index (χ4n) is 1.00. The Morgan fingerprint density at radius 3 is 2.77 bits per heavy atom. The molecule has 0 saturated carbocycles. The maximum absolute atomic E-state index is 11.1. The highest BCUT2D eigenvalue weighted by Gasteiger charge is 2.31. The summed E-state index contributed by atoms with van der Waals surface area (Å²) in [4.78, 5) is 21.9. The van der Waals surface area contributed by atoms with Gasteiger partial charge in [0.15, 0.2) is 0 Å². The summed E-state index contributed by atoms with van der Waals surface area (Å²) in [5, 5.41) is 2.06. The van der Waals surface area contributed by atoms with E-state index < -0.39 is 0 Å². The second-order valence-electron chi connectivity index (χ2n) is 2.81. The number of carbonyl (C=O) groups excluding carboxylic acids is 2. The highest BCUT2D eigenvalue weighted by Crippen LogP contribution is 2.24. The molecule has 1 heterocycles. The van der Waals surface area contributed by atoms with E-state index in [0.717, 1.165) is 23.9 Å². The van der Waals surface area contributed by atoms with E-state index in [1.165, 1.54) is 24.6 Å². The maximum atomic E-state index is 11.1. The lowest BCUT2D eigenvalue weighted by Gasteiger charge is -2.05. The first-order valence-electron chi connectivity index (χ1n) is 4.38. The van der Waals surface area contributed by atoms with Crippen LogP contribution in [-0.2, 0) is 4.79 Å². The van der Waals surface area contributed by atoms with Gasteiger partial charge in [0, 0.05) is 11.8 Å². The van der Waals surface area contributed by atoms with Gasteiger partial charge in [-0.3, -0.25) is 9.59 Å². The van der Waals surface area contributed by atoms with E-state index in [9.17, 15) is 9.59 Å². The molecule has 1 unspecified atom stereocenters. The number of nitrogens with one attached hydrogen (secondary N) is 1. The van der Waals surface area contributed by atoms with E-state index in [2.05, 4.69) is 12.2 Å². The molecule has 1 aliphatic heterocycles. The molecular weight excluding hydrogens is 206 g/mol. The Balaban J connectivity index is 2.14. The Kier molecular flexibility index (Phi) is 4.66. The summed E-state index contributed by atoms with van der Waals surface area (Å²) in [6.07, 6.45) is 3.49. The zero-order valence-electron chi connectivity index (χ0n) is 7.54. The van der Waals surface area contributed by atoms with Crippen LogP contribution < -0.4 is 5.32 Å². The summed E-state index contributed by atoms with van der Waals surface area (Å²) in [6, 6.07) is 0. The Hall–Kier alpha value is -0.160. The SMILES string of the molecule is CCCCCSC1NC(=O)SC1=O. The van der Waals surface area contributed by atoms with Gasteiger partial charge < -0.3 is 5.32 Å². The lowest BCUT2D eigenvalue weighted by atomic mass is 10.3. The van der Waals surface area contributed by atoms with Gasteiger partial charge in [-0.1, -0.05) is 19.8 Å². The first-order valence-corrected chi connectivity index (χ1v) is 6.24. The number of hydrogen-bond acceptors (Lipinski definition) is 4. The third kappa shape index (κ3) is 3.60. The predicted molar refractivity (Wildman–Crippen MR) is 56.9 cm³/mol. The van der Waals surface area contributed by atoms with E-state index >= 15 is 0 Å². The summed E-state index contributed by atoms with van der Waals surface area (Å²) < 4.78 is 0. The van der Waals surface area contributed by atoms with Gasteiger partial charge in [-0.2, -0.15) is 0 Å². The minimum Gasteiger partial charge on any atom is -0.327 e. The van der Waals surface area contributed by atoms with E-state index in [0.29, 0.717) is 0 Å². The lowest BCUT2D eigenvalue weighted by molar-refractivity contribution is -0.110. The van der Waals surface area contributed by atoms with Crippen LogP contribution in [0.15, 0.2) is 0 Å². The molecule has 1 rings (SSSR count). The first kappa shape index (κ1) is 10.9. The summed E-state index contributed by atoms with van der Waals surface area (Å²) in [5.41, 5.74) is 0. The van der Waals surface area contributed by atoms with Crippen molar-refractivity contribution in [1.82, 2.24) is 5.32 Å². The molecule has 1 amide bonds. The van der Waals surface area contributed by atoms with E-state index in [1.54, 1.807) is 0 Å². The minimum absolute atomic E-state index is 0.0495. The minimum atomic E-state index is -0.297. The van der Waals surface area contributed by atoms with Gasteiger partial charge in [0.1, 0.15) is 5.37 Å². The molecule has 0 aliphatic carbocycles. The van der Waals surface area contributed by atoms with Crippen LogP contribution in [0.1, 0.15) is 26.2 Å². The highest BCUT2D eigenvalue weighted by molar-refractivity contribution is 8.28. The predicted octanol–water partition coefficient (Wildman–Crippen LogP) is 2.22. The number of thioether (sulfide) groups is 2. The fourth-order valence-corrected chi connectivity index (χ4v) is 2.88. The average Bonchev–Trinajstić information content (AvgIpc) is 2.39. The van der Waals surface area contributed by atoms with Crippen LogP contribution >= 0.6 is 23.5 Å². The van der Waals surface area contributed by atoms with E-state index in [-0.39, 0.29) is 15.7 Å². The van der Waals surface area contributed by atoms with E-state index in [4.69, 9.17) is 0 Å². The van der Waals surface area contributed by atoms with Crippen molar-refractivity contribution < 1.29 is 9.59 Å². The maximum Gasteiger partial charge on any atom is 0.288 e. The van der Waals surface area contributed by atoms with E-state index in [1.807, 2.05) is 0 Å². The molecule has 1 N–H and O–H groups in total. The monoisotopic (exact) mass is 219 g/mol. The van der Waals surface area contributed by atoms with Gasteiger partial charge in [0.05, 0.1) is 0 Å². The summed E-state index contributed by atoms with van der Waals surface area (Å²) in [7, 11) is 0. The van der Waals surface area contributed by atoms with Crippen LogP contribution in [0, 0.1) is 0 Å². The highest BCUT2D eigenvalue weighted by atomic mass is 32.2. The third-order valence-electron chi connectivity index (χ3n) is 1.69. The fraction of sp³-hybridized carbons (Fsp3) is 0.750. The molecule has 74 valence electrons. The Morgan fingerprint density at radius 2 is 2.23 bits per heavy atom. The van der Waals surface area contributed by atoms with Crippen molar-refractivity contribution in [3.05, 3.63) is 0 Å². The zero-order chi connectivity index (χ0) is 9.68. The summed E-state index contributed by atoms with van der Waals surface area (Å²) in [5.74, 6) is 0.949. The van der Waals surface area contributed by atoms with Crippen molar-refractivity contribution in [1.29, 1.82) is 0 Å². The normalized spacial score (nSPS) is 22.1. The zero-order valence-corrected chi connectivity index (χ0v) is 9.17. The second-order valence-corrected chi connectivity index (χ2v) is 5.00. The quantitative estimate of drug-likeness (QED) is 0.720. The number of amides is 1. The largest absolute Gasteiger partial charge is 0.327 e. The Labute approximate surface area is 86.4 Å². The molecule has 0 aromatic carbocycles. The molecular formula is C8H13NO2S2. The van der Waals surface area contributed by atoms with Gasteiger partial charge in [-0.05, 0) is 12.2 Å². The molecule has 0 spiro atoms. The first-order chi connectivity index (χ1) is 6.24. The second kappa shape index (κ2) is 5.54. The van der Waals surface area contributed by atoms with Crippen LogP contribution in [0.2, 0.25) is 0 Å². The van der Waals surface area contributed by atoms with Crippen molar-refractivity contribution >= 4 is 33.9 Å². The number of rotatable bonds is 5. The van der Waals surface area contributed by atoms with Gasteiger partial charge >= 0.3 is 0 Å². The molecule has 0 radical (unpaired) electrons. The third-order valence-corrected chi connectivity index (χ3v) is 3.77. The average molecular weight is 219 g/mol. The smallest absolute Gasteiger partial charge is 0.288 e.